The van der Waals surface area contributed by atoms with Gasteiger partial charge in [-0.1, -0.05) is 58.0 Å². The molecule has 3 heterocycles. The van der Waals surface area contributed by atoms with Gasteiger partial charge in [-0.05, 0) is 66.1 Å². The summed E-state index contributed by atoms with van der Waals surface area (Å²) >= 11 is 0. The van der Waals surface area contributed by atoms with E-state index in [1.807, 2.05) is 23.6 Å². The smallest absolute Gasteiger partial charge is 0.330 e. The molecule has 9 nitrogen and oxygen atoms in total. The summed E-state index contributed by atoms with van der Waals surface area (Å²) in [4.78, 5) is 40.6. The van der Waals surface area contributed by atoms with Gasteiger partial charge in [0, 0.05) is 24.7 Å². The van der Waals surface area contributed by atoms with Crippen molar-refractivity contribution in [1.82, 2.24) is 14.5 Å². The number of fused-ring (bicyclic) bond motifs is 4. The Bertz CT molecular complexity index is 1860. The molecule has 4 aromatic rings. The summed E-state index contributed by atoms with van der Waals surface area (Å²) < 4.78 is 14.7. The van der Waals surface area contributed by atoms with Crippen LogP contribution in [0.25, 0.3) is 11.3 Å². The quantitative estimate of drug-likeness (QED) is 0.272. The molecule has 0 spiro atoms. The molecule has 6 rings (SSSR count). The van der Waals surface area contributed by atoms with Crippen LogP contribution in [-0.2, 0) is 19.5 Å². The second-order valence-corrected chi connectivity index (χ2v) is 11.7. The van der Waals surface area contributed by atoms with Gasteiger partial charge in [0.2, 0.25) is 0 Å². The predicted molar refractivity (Wildman–Crippen MR) is 175 cm³/mol. The molecule has 3 aromatic carbocycles. The maximum absolute atomic E-state index is 13.6. The highest BCUT2D eigenvalue weighted by Crippen LogP contribution is 2.38. The molecule has 0 atom stereocenters. The fourth-order valence-electron chi connectivity index (χ4n) is 5.92. The second kappa shape index (κ2) is 13.0. The van der Waals surface area contributed by atoms with E-state index in [-0.39, 0.29) is 17.5 Å². The van der Waals surface area contributed by atoms with Crippen molar-refractivity contribution >= 4 is 17.5 Å². The van der Waals surface area contributed by atoms with Gasteiger partial charge in [0.15, 0.2) is 11.5 Å². The zero-order chi connectivity index (χ0) is 32.4. The summed E-state index contributed by atoms with van der Waals surface area (Å²) in [5.74, 6) is 1.40. The van der Waals surface area contributed by atoms with Crippen molar-refractivity contribution in [2.24, 2.45) is 4.99 Å². The van der Waals surface area contributed by atoms with Gasteiger partial charge in [-0.3, -0.25) is 24.0 Å². The first-order valence-corrected chi connectivity index (χ1v) is 15.3. The molecule has 1 aromatic heterocycles. The molecule has 2 aliphatic heterocycles. The number of para-hydroxylation sites is 1. The number of imide groups is 1. The van der Waals surface area contributed by atoms with Crippen molar-refractivity contribution in [2.45, 2.75) is 66.0 Å². The highest BCUT2D eigenvalue weighted by molar-refractivity contribution is 6.21. The SMILES string of the molecule is CCn1c(=Nc2c(C(C)C)cccc2C(C)C)cc2n(c1=O)CCc1cc(OC)c(OC)cc1-2.O=C1NC(=O)c2ccccc21. The number of benzene rings is 3. The Morgan fingerprint density at radius 1 is 0.800 bits per heavy atom. The minimum absolute atomic E-state index is 0.0349. The van der Waals surface area contributed by atoms with Gasteiger partial charge in [-0.15, -0.1) is 0 Å². The van der Waals surface area contributed by atoms with Crippen LogP contribution >= 0.6 is 0 Å². The van der Waals surface area contributed by atoms with E-state index in [0.29, 0.717) is 53.0 Å². The van der Waals surface area contributed by atoms with Gasteiger partial charge >= 0.3 is 5.69 Å². The third-order valence-electron chi connectivity index (χ3n) is 8.31. The number of amides is 2. The molecule has 2 aliphatic rings. The average Bonchev–Trinajstić information content (AvgIpc) is 3.33. The lowest BCUT2D eigenvalue weighted by Crippen LogP contribution is -2.41. The van der Waals surface area contributed by atoms with Gasteiger partial charge < -0.3 is 9.47 Å². The monoisotopic (exact) mass is 608 g/mol. The standard InChI is InChI=1S/C28H35N3O3.C8H5NO2/c1-8-30-26(29-27-20(17(2)3)10-9-11-21(27)18(4)5)16-23-22-15-25(34-7)24(33-6)14-19(22)12-13-31(23)28(30)32;10-7-5-3-1-2-4-6(5)8(11)9-7/h9-11,14-18H,8,12-13H2,1-7H3;1-4H,(H,9,10,11). The topological polar surface area (TPSA) is 104 Å². The fourth-order valence-corrected chi connectivity index (χ4v) is 5.92. The summed E-state index contributed by atoms with van der Waals surface area (Å²) in [5.41, 5.74) is 7.94. The maximum Gasteiger partial charge on any atom is 0.330 e. The number of nitrogens with zero attached hydrogens (tertiary/aromatic N) is 3. The molecule has 0 radical (unpaired) electrons. The van der Waals surface area contributed by atoms with E-state index in [1.165, 1.54) is 11.1 Å². The molecule has 1 N–H and O–H groups in total. The van der Waals surface area contributed by atoms with Gasteiger partial charge in [0.25, 0.3) is 11.8 Å². The van der Waals surface area contributed by atoms with E-state index in [9.17, 15) is 14.4 Å². The Kier molecular flexibility index (Phi) is 9.09. The Morgan fingerprint density at radius 3 is 1.91 bits per heavy atom. The van der Waals surface area contributed by atoms with Crippen molar-refractivity contribution in [3.63, 3.8) is 0 Å². The van der Waals surface area contributed by atoms with Crippen LogP contribution in [0.1, 0.15) is 83.9 Å². The normalized spacial score (nSPS) is 13.6. The summed E-state index contributed by atoms with van der Waals surface area (Å²) in [6.07, 6.45) is 0.760. The Balaban J connectivity index is 0.000000304. The third kappa shape index (κ3) is 5.94. The average molecular weight is 609 g/mol. The summed E-state index contributed by atoms with van der Waals surface area (Å²) in [6, 6.07) is 19.2. The number of carbonyl (C=O) groups is 2. The minimum atomic E-state index is -0.300. The molecular weight excluding hydrogens is 568 g/mol. The largest absolute Gasteiger partial charge is 0.493 e. The van der Waals surface area contributed by atoms with Crippen LogP contribution in [0.4, 0.5) is 5.69 Å². The van der Waals surface area contributed by atoms with E-state index in [4.69, 9.17) is 14.5 Å². The lowest BCUT2D eigenvalue weighted by Gasteiger charge is -2.24. The van der Waals surface area contributed by atoms with Gasteiger partial charge in [0.1, 0.15) is 5.49 Å². The first-order chi connectivity index (χ1) is 21.6. The van der Waals surface area contributed by atoms with E-state index in [2.05, 4.69) is 57.3 Å². The molecule has 234 valence electrons. The van der Waals surface area contributed by atoms with Crippen LogP contribution in [0.5, 0.6) is 11.5 Å². The minimum Gasteiger partial charge on any atom is -0.493 e. The molecule has 0 saturated heterocycles. The van der Waals surface area contributed by atoms with E-state index < -0.39 is 0 Å². The first kappa shape index (κ1) is 31.5. The predicted octanol–water partition coefficient (Wildman–Crippen LogP) is 5.96. The van der Waals surface area contributed by atoms with E-state index >= 15 is 0 Å². The van der Waals surface area contributed by atoms with Crippen molar-refractivity contribution in [2.75, 3.05) is 14.2 Å². The van der Waals surface area contributed by atoms with Gasteiger partial charge in [-0.2, -0.15) is 0 Å². The molecule has 0 aliphatic carbocycles. The van der Waals surface area contributed by atoms with Crippen molar-refractivity contribution in [3.05, 3.63) is 104 Å². The van der Waals surface area contributed by atoms with Crippen LogP contribution in [0.2, 0.25) is 0 Å². The highest BCUT2D eigenvalue weighted by atomic mass is 16.5. The molecule has 0 saturated carbocycles. The zero-order valence-electron chi connectivity index (χ0n) is 26.9. The number of nitrogens with one attached hydrogen (secondary N) is 1. The Hall–Kier alpha value is -4.92. The zero-order valence-corrected chi connectivity index (χ0v) is 26.9. The van der Waals surface area contributed by atoms with Crippen LogP contribution < -0.4 is 26.0 Å². The fraction of sp³-hybridized carbons (Fsp3) is 0.333. The van der Waals surface area contributed by atoms with Crippen molar-refractivity contribution in [1.29, 1.82) is 0 Å². The maximum atomic E-state index is 13.6. The Morgan fingerprint density at radius 2 is 1.38 bits per heavy atom. The lowest BCUT2D eigenvalue weighted by atomic mass is 9.93. The molecular formula is C36H40N4O5. The van der Waals surface area contributed by atoms with Crippen molar-refractivity contribution < 1.29 is 19.1 Å². The van der Waals surface area contributed by atoms with Gasteiger partial charge in [-0.25, -0.2) is 9.79 Å². The van der Waals surface area contributed by atoms with Crippen LogP contribution in [0.3, 0.4) is 0 Å². The number of hydrogen-bond donors (Lipinski definition) is 1. The number of aromatic nitrogens is 2. The number of carbonyl (C=O) groups excluding carboxylic acids is 2. The third-order valence-corrected chi connectivity index (χ3v) is 8.31. The number of ether oxygens (including phenoxy) is 2. The van der Waals surface area contributed by atoms with Crippen molar-refractivity contribution in [3.8, 4) is 22.8 Å². The molecule has 2 amide bonds. The first-order valence-electron chi connectivity index (χ1n) is 15.3. The number of rotatable bonds is 6. The van der Waals surface area contributed by atoms with E-state index in [1.54, 1.807) is 43.1 Å². The Labute approximate surface area is 263 Å². The van der Waals surface area contributed by atoms with Crippen LogP contribution in [0.15, 0.2) is 70.5 Å². The molecule has 0 fully saturated rings. The second-order valence-electron chi connectivity index (χ2n) is 11.7. The summed E-state index contributed by atoms with van der Waals surface area (Å²) in [7, 11) is 3.28. The number of methoxy groups -OCH3 is 2. The molecule has 0 unspecified atom stereocenters. The lowest BCUT2D eigenvalue weighted by molar-refractivity contribution is 0.0879. The molecule has 45 heavy (non-hydrogen) atoms. The molecule has 9 heteroatoms. The van der Waals surface area contributed by atoms with E-state index in [0.717, 1.165) is 28.9 Å². The van der Waals surface area contributed by atoms with Crippen LogP contribution in [0, 0.1) is 0 Å². The highest BCUT2D eigenvalue weighted by Gasteiger charge is 2.25. The summed E-state index contributed by atoms with van der Waals surface area (Å²) in [6.45, 7) is 11.9. The number of hydrogen-bond acceptors (Lipinski definition) is 6. The van der Waals surface area contributed by atoms with Gasteiger partial charge in [0.05, 0.1) is 36.7 Å². The summed E-state index contributed by atoms with van der Waals surface area (Å²) in [5, 5.41) is 2.20. The number of aryl methyl sites for hydroxylation is 1. The van der Waals surface area contributed by atoms with Crippen LogP contribution in [-0.4, -0.2) is 35.2 Å². The molecule has 0 bridgehead atoms.